The Morgan fingerprint density at radius 3 is 1.83 bits per heavy atom. The molecule has 0 aliphatic carbocycles. The molecule has 2 rings (SSSR count). The quantitative estimate of drug-likeness (QED) is 0.557. The molecule has 1 unspecified atom stereocenters. The van der Waals surface area contributed by atoms with Crippen LogP contribution in [0.4, 0.5) is 10.5 Å². The van der Waals surface area contributed by atoms with Crippen LogP contribution in [-0.4, -0.2) is 41.0 Å². The second kappa shape index (κ2) is 11.4. The predicted octanol–water partition coefficient (Wildman–Crippen LogP) is 5.36. The maximum atomic E-state index is 13.9. The number of benzene rings is 2. The molecule has 0 aliphatic heterocycles. The highest BCUT2D eigenvalue weighted by Gasteiger charge is 2.35. The summed E-state index contributed by atoms with van der Waals surface area (Å²) in [5.74, 6) is -0.686. The second-order valence-electron chi connectivity index (χ2n) is 10.2. The maximum Gasteiger partial charge on any atom is 0.408 e. The van der Waals surface area contributed by atoms with E-state index >= 15 is 0 Å². The van der Waals surface area contributed by atoms with Crippen LogP contribution in [0.25, 0.3) is 0 Å². The SMILES string of the molecule is Cc1cccc(C)c1NC(=O)C(c1c(C)cccc1C)N(C(=O)CNC(=O)OC(C)(C)C)C(C)C. The van der Waals surface area contributed by atoms with Gasteiger partial charge in [-0.2, -0.15) is 0 Å². The van der Waals surface area contributed by atoms with Crippen molar-refractivity contribution in [2.45, 2.75) is 80.0 Å². The Morgan fingerprint density at radius 2 is 1.37 bits per heavy atom. The lowest BCUT2D eigenvalue weighted by Crippen LogP contribution is -2.49. The number of rotatable bonds is 7. The number of anilines is 1. The van der Waals surface area contributed by atoms with E-state index in [0.717, 1.165) is 33.5 Å². The number of carbonyl (C=O) groups is 3. The van der Waals surface area contributed by atoms with Gasteiger partial charge in [-0.25, -0.2) is 4.79 Å². The van der Waals surface area contributed by atoms with Gasteiger partial charge in [-0.15, -0.1) is 0 Å². The summed E-state index contributed by atoms with van der Waals surface area (Å²) in [7, 11) is 0. The smallest absolute Gasteiger partial charge is 0.408 e. The van der Waals surface area contributed by atoms with Gasteiger partial charge < -0.3 is 20.3 Å². The van der Waals surface area contributed by atoms with Crippen molar-refractivity contribution in [3.63, 3.8) is 0 Å². The molecule has 0 spiro atoms. The Kier molecular flexibility index (Phi) is 9.07. The minimum absolute atomic E-state index is 0.287. The Hall–Kier alpha value is -3.35. The molecule has 2 aromatic carbocycles. The van der Waals surface area contributed by atoms with E-state index in [-0.39, 0.29) is 24.4 Å². The second-order valence-corrected chi connectivity index (χ2v) is 10.2. The highest BCUT2D eigenvalue weighted by atomic mass is 16.6. The molecule has 0 fully saturated rings. The van der Waals surface area contributed by atoms with Gasteiger partial charge in [-0.05, 0) is 90.1 Å². The van der Waals surface area contributed by atoms with Gasteiger partial charge in [0.15, 0.2) is 0 Å². The van der Waals surface area contributed by atoms with Crippen LogP contribution < -0.4 is 10.6 Å². The molecule has 2 N–H and O–H groups in total. The van der Waals surface area contributed by atoms with Crippen LogP contribution >= 0.6 is 0 Å². The van der Waals surface area contributed by atoms with Crippen molar-refractivity contribution in [3.8, 4) is 0 Å². The first-order valence-electron chi connectivity index (χ1n) is 11.9. The molecule has 0 heterocycles. The van der Waals surface area contributed by atoms with E-state index in [1.54, 1.807) is 20.8 Å². The molecule has 0 saturated carbocycles. The van der Waals surface area contributed by atoms with Crippen LogP contribution in [0, 0.1) is 27.7 Å². The fourth-order valence-corrected chi connectivity index (χ4v) is 4.14. The van der Waals surface area contributed by atoms with E-state index in [1.165, 1.54) is 4.90 Å². The van der Waals surface area contributed by atoms with E-state index in [1.807, 2.05) is 77.9 Å². The molecule has 0 aromatic heterocycles. The summed E-state index contributed by atoms with van der Waals surface area (Å²) < 4.78 is 5.26. The molecule has 0 saturated heterocycles. The number of aryl methyl sites for hydroxylation is 4. The van der Waals surface area contributed by atoms with E-state index < -0.39 is 17.7 Å². The van der Waals surface area contributed by atoms with Crippen LogP contribution in [-0.2, 0) is 14.3 Å². The largest absolute Gasteiger partial charge is 0.444 e. The summed E-state index contributed by atoms with van der Waals surface area (Å²) >= 11 is 0. The van der Waals surface area contributed by atoms with Gasteiger partial charge in [0, 0.05) is 11.7 Å². The summed E-state index contributed by atoms with van der Waals surface area (Å²) in [4.78, 5) is 41.0. The molecule has 3 amide bonds. The molecule has 190 valence electrons. The van der Waals surface area contributed by atoms with E-state index in [0.29, 0.717) is 0 Å². The van der Waals surface area contributed by atoms with E-state index in [2.05, 4.69) is 10.6 Å². The van der Waals surface area contributed by atoms with E-state index in [4.69, 9.17) is 4.74 Å². The Balaban J connectivity index is 2.47. The zero-order valence-corrected chi connectivity index (χ0v) is 22.4. The molecule has 1 atom stereocenters. The summed E-state index contributed by atoms with van der Waals surface area (Å²) in [6.07, 6.45) is -0.682. The zero-order chi connectivity index (χ0) is 26.5. The fourth-order valence-electron chi connectivity index (χ4n) is 4.14. The van der Waals surface area contributed by atoms with Crippen LogP contribution in [0.15, 0.2) is 36.4 Å². The lowest BCUT2D eigenvalue weighted by molar-refractivity contribution is -0.140. The number of hydrogen-bond donors (Lipinski definition) is 2. The lowest BCUT2D eigenvalue weighted by atomic mass is 9.93. The van der Waals surface area contributed by atoms with Gasteiger partial charge in [-0.1, -0.05) is 36.4 Å². The Labute approximate surface area is 209 Å². The molecule has 0 aliphatic rings. The van der Waals surface area contributed by atoms with Crippen molar-refractivity contribution >= 4 is 23.6 Å². The van der Waals surface area contributed by atoms with Gasteiger partial charge in [0.05, 0.1) is 0 Å². The molecule has 2 aromatic rings. The molecule has 0 bridgehead atoms. The average molecular weight is 482 g/mol. The van der Waals surface area contributed by atoms with Crippen LogP contribution in [0.2, 0.25) is 0 Å². The monoisotopic (exact) mass is 481 g/mol. The van der Waals surface area contributed by atoms with Crippen molar-refractivity contribution in [2.75, 3.05) is 11.9 Å². The first-order chi connectivity index (χ1) is 16.2. The van der Waals surface area contributed by atoms with Gasteiger partial charge in [0.25, 0.3) is 5.91 Å². The van der Waals surface area contributed by atoms with Crippen molar-refractivity contribution < 1.29 is 19.1 Å². The minimum atomic E-state index is -0.886. The van der Waals surface area contributed by atoms with Crippen molar-refractivity contribution in [2.24, 2.45) is 0 Å². The number of nitrogens with one attached hydrogen (secondary N) is 2. The molecule has 7 nitrogen and oxygen atoms in total. The number of ether oxygens (including phenoxy) is 1. The highest BCUT2D eigenvalue weighted by molar-refractivity contribution is 5.99. The van der Waals surface area contributed by atoms with Gasteiger partial charge in [0.2, 0.25) is 5.91 Å². The first-order valence-corrected chi connectivity index (χ1v) is 11.9. The summed E-state index contributed by atoms with van der Waals surface area (Å²) in [5, 5.41) is 5.61. The summed E-state index contributed by atoms with van der Waals surface area (Å²) in [6, 6.07) is 10.4. The topological polar surface area (TPSA) is 87.7 Å². The summed E-state index contributed by atoms with van der Waals surface area (Å²) in [5.41, 5.74) is 4.51. The van der Waals surface area contributed by atoms with Crippen molar-refractivity contribution in [1.29, 1.82) is 0 Å². The lowest BCUT2D eigenvalue weighted by Gasteiger charge is -2.36. The third-order valence-electron chi connectivity index (χ3n) is 5.70. The standard InChI is InChI=1S/C28H39N3O4/c1-17(2)31(22(32)16-29-27(34)35-28(7,8)9)25(23-18(3)12-10-13-19(23)4)26(33)30-24-20(5)14-11-15-21(24)6/h10-15,17,25H,16H2,1-9H3,(H,29,34)(H,30,33). The third-order valence-corrected chi connectivity index (χ3v) is 5.70. The van der Waals surface area contributed by atoms with Gasteiger partial charge in [0.1, 0.15) is 18.2 Å². The fraction of sp³-hybridized carbons (Fsp3) is 0.464. The molecule has 35 heavy (non-hydrogen) atoms. The number of alkyl carbamates (subject to hydrolysis) is 1. The van der Waals surface area contributed by atoms with E-state index in [9.17, 15) is 14.4 Å². The maximum absolute atomic E-state index is 13.9. The molecular weight excluding hydrogens is 442 g/mol. The average Bonchev–Trinajstić information content (AvgIpc) is 2.72. The number of carbonyl (C=O) groups excluding carboxylic acids is 3. The number of nitrogens with zero attached hydrogens (tertiary/aromatic N) is 1. The highest BCUT2D eigenvalue weighted by Crippen LogP contribution is 2.31. The molecule has 0 radical (unpaired) electrons. The van der Waals surface area contributed by atoms with Crippen molar-refractivity contribution in [1.82, 2.24) is 10.2 Å². The first kappa shape index (κ1) is 27.9. The minimum Gasteiger partial charge on any atom is -0.444 e. The van der Waals surface area contributed by atoms with Crippen molar-refractivity contribution in [3.05, 3.63) is 64.2 Å². The Bertz CT molecular complexity index is 1050. The normalized spacial score (nSPS) is 12.2. The number of hydrogen-bond acceptors (Lipinski definition) is 4. The van der Waals surface area contributed by atoms with Crippen LogP contribution in [0.1, 0.15) is 68.5 Å². The molecular formula is C28H39N3O4. The molecule has 7 heteroatoms. The summed E-state index contributed by atoms with van der Waals surface area (Å²) in [6.45, 7) is 16.4. The van der Waals surface area contributed by atoms with Crippen LogP contribution in [0.3, 0.4) is 0 Å². The zero-order valence-electron chi connectivity index (χ0n) is 22.4. The number of para-hydroxylation sites is 1. The van der Waals surface area contributed by atoms with Gasteiger partial charge >= 0.3 is 6.09 Å². The van der Waals surface area contributed by atoms with Gasteiger partial charge in [-0.3, -0.25) is 9.59 Å². The van der Waals surface area contributed by atoms with Crippen LogP contribution in [0.5, 0.6) is 0 Å². The predicted molar refractivity (Wildman–Crippen MR) is 139 cm³/mol. The number of amides is 3. The Morgan fingerprint density at radius 1 is 0.886 bits per heavy atom. The third kappa shape index (κ3) is 7.31.